The number of amides is 2. The molecule has 2 saturated heterocycles. The summed E-state index contributed by atoms with van der Waals surface area (Å²) in [5, 5.41) is 2.80. The molecular weight excluding hydrogens is 314 g/mol. The molecule has 136 valence electrons. The number of nitrogens with one attached hydrogen (secondary N) is 1. The molecule has 2 heterocycles. The maximum absolute atomic E-state index is 12.2. The van der Waals surface area contributed by atoms with E-state index in [2.05, 4.69) is 40.5 Å². The number of benzene rings is 1. The van der Waals surface area contributed by atoms with Crippen molar-refractivity contribution in [3.05, 3.63) is 35.9 Å². The summed E-state index contributed by atoms with van der Waals surface area (Å²) in [6, 6.07) is 10.7. The summed E-state index contributed by atoms with van der Waals surface area (Å²) in [6.07, 6.45) is 5.53. The van der Waals surface area contributed by atoms with Gasteiger partial charge in [0.25, 0.3) is 0 Å². The van der Waals surface area contributed by atoms with Gasteiger partial charge in [0.05, 0.1) is 13.1 Å². The van der Waals surface area contributed by atoms with Crippen LogP contribution in [0.3, 0.4) is 0 Å². The average molecular weight is 343 g/mol. The first-order valence-corrected chi connectivity index (χ1v) is 9.54. The van der Waals surface area contributed by atoms with E-state index in [1.807, 2.05) is 4.90 Å². The molecule has 0 saturated carbocycles. The lowest BCUT2D eigenvalue weighted by Crippen LogP contribution is -2.43. The van der Waals surface area contributed by atoms with Crippen LogP contribution in [-0.2, 0) is 9.59 Å². The largest absolute Gasteiger partial charge is 0.346 e. The smallest absolute Gasteiger partial charge is 0.241 e. The zero-order valence-electron chi connectivity index (χ0n) is 15.0. The zero-order valence-corrected chi connectivity index (χ0v) is 15.0. The Morgan fingerprint density at radius 3 is 2.48 bits per heavy atom. The van der Waals surface area contributed by atoms with Gasteiger partial charge in [0, 0.05) is 13.1 Å². The molecule has 0 unspecified atom stereocenters. The van der Waals surface area contributed by atoms with Crippen LogP contribution < -0.4 is 5.32 Å². The molecule has 25 heavy (non-hydrogen) atoms. The van der Waals surface area contributed by atoms with Gasteiger partial charge in [0.15, 0.2) is 0 Å². The molecule has 2 aliphatic heterocycles. The van der Waals surface area contributed by atoms with Crippen molar-refractivity contribution in [2.45, 2.75) is 38.0 Å². The van der Waals surface area contributed by atoms with Gasteiger partial charge in [0.1, 0.15) is 0 Å². The molecule has 2 fully saturated rings. The van der Waals surface area contributed by atoms with Crippen LogP contribution >= 0.6 is 0 Å². The van der Waals surface area contributed by atoms with Crippen molar-refractivity contribution < 1.29 is 9.59 Å². The van der Waals surface area contributed by atoms with E-state index in [1.54, 1.807) is 0 Å². The molecule has 1 atom stereocenters. The van der Waals surface area contributed by atoms with E-state index < -0.39 is 0 Å². The topological polar surface area (TPSA) is 52.7 Å². The molecule has 3 rings (SSSR count). The highest BCUT2D eigenvalue weighted by molar-refractivity contribution is 5.85. The number of nitrogens with zero attached hydrogens (tertiary/aromatic N) is 2. The highest BCUT2D eigenvalue weighted by atomic mass is 16.2. The van der Waals surface area contributed by atoms with Crippen molar-refractivity contribution in [1.29, 1.82) is 0 Å². The van der Waals surface area contributed by atoms with Gasteiger partial charge in [-0.25, -0.2) is 0 Å². The monoisotopic (exact) mass is 343 g/mol. The fourth-order valence-corrected chi connectivity index (χ4v) is 3.88. The summed E-state index contributed by atoms with van der Waals surface area (Å²) in [5.41, 5.74) is 1.41. The Morgan fingerprint density at radius 1 is 0.960 bits per heavy atom. The van der Waals surface area contributed by atoms with Crippen LogP contribution in [0.1, 0.15) is 43.6 Å². The van der Waals surface area contributed by atoms with Crippen molar-refractivity contribution in [3.8, 4) is 0 Å². The molecule has 2 aliphatic rings. The van der Waals surface area contributed by atoms with Crippen molar-refractivity contribution in [2.75, 3.05) is 39.3 Å². The predicted octanol–water partition coefficient (Wildman–Crippen LogP) is 1.99. The van der Waals surface area contributed by atoms with Crippen molar-refractivity contribution in [3.63, 3.8) is 0 Å². The Balaban J connectivity index is 1.40. The zero-order chi connectivity index (χ0) is 17.5. The van der Waals surface area contributed by atoms with Gasteiger partial charge in [0.2, 0.25) is 11.8 Å². The summed E-state index contributed by atoms with van der Waals surface area (Å²) in [6.45, 7) is 4.10. The summed E-state index contributed by atoms with van der Waals surface area (Å²) in [7, 11) is 0. The second-order valence-corrected chi connectivity index (χ2v) is 7.18. The third-order valence-corrected chi connectivity index (χ3v) is 5.35. The fraction of sp³-hybridized carbons (Fsp3) is 0.600. The van der Waals surface area contributed by atoms with E-state index in [1.165, 1.54) is 12.0 Å². The maximum atomic E-state index is 12.2. The Morgan fingerprint density at radius 2 is 1.72 bits per heavy atom. The highest BCUT2D eigenvalue weighted by Gasteiger charge is 2.21. The van der Waals surface area contributed by atoms with Gasteiger partial charge in [-0.2, -0.15) is 0 Å². The average Bonchev–Trinajstić information content (AvgIpc) is 3.08. The molecule has 0 bridgehead atoms. The predicted molar refractivity (Wildman–Crippen MR) is 98.3 cm³/mol. The van der Waals surface area contributed by atoms with Gasteiger partial charge in [-0.05, 0) is 56.7 Å². The summed E-state index contributed by atoms with van der Waals surface area (Å²) in [4.78, 5) is 28.2. The van der Waals surface area contributed by atoms with Crippen LogP contribution in [0.2, 0.25) is 0 Å². The molecule has 1 N–H and O–H groups in total. The van der Waals surface area contributed by atoms with E-state index in [-0.39, 0.29) is 18.4 Å². The first-order chi connectivity index (χ1) is 12.2. The summed E-state index contributed by atoms with van der Waals surface area (Å²) < 4.78 is 0. The SMILES string of the molecule is O=C(CN1CCC[C@@H](c2ccccc2)CC1)NCC(=O)N1CCCC1. The molecule has 2 amide bonds. The molecule has 1 aromatic carbocycles. The van der Waals surface area contributed by atoms with Gasteiger partial charge in [-0.15, -0.1) is 0 Å². The molecule has 5 heteroatoms. The first-order valence-electron chi connectivity index (χ1n) is 9.54. The Bertz CT molecular complexity index is 570. The number of hydrogen-bond donors (Lipinski definition) is 1. The number of rotatable bonds is 5. The van der Waals surface area contributed by atoms with E-state index >= 15 is 0 Å². The number of hydrogen-bond acceptors (Lipinski definition) is 3. The van der Waals surface area contributed by atoms with Crippen LogP contribution in [0, 0.1) is 0 Å². The number of carbonyl (C=O) groups excluding carboxylic acids is 2. The lowest BCUT2D eigenvalue weighted by molar-refractivity contribution is -0.132. The van der Waals surface area contributed by atoms with Gasteiger partial charge >= 0.3 is 0 Å². The van der Waals surface area contributed by atoms with E-state index in [4.69, 9.17) is 0 Å². The van der Waals surface area contributed by atoms with Crippen LogP contribution in [0.25, 0.3) is 0 Å². The van der Waals surface area contributed by atoms with E-state index in [0.29, 0.717) is 12.5 Å². The third-order valence-electron chi connectivity index (χ3n) is 5.35. The quantitative estimate of drug-likeness (QED) is 0.890. The molecule has 0 aromatic heterocycles. The maximum Gasteiger partial charge on any atom is 0.241 e. The summed E-state index contributed by atoms with van der Waals surface area (Å²) >= 11 is 0. The van der Waals surface area contributed by atoms with Crippen LogP contribution in [0.4, 0.5) is 0 Å². The van der Waals surface area contributed by atoms with Crippen LogP contribution in [0.15, 0.2) is 30.3 Å². The molecular formula is C20H29N3O2. The van der Waals surface area contributed by atoms with Crippen molar-refractivity contribution in [1.82, 2.24) is 15.1 Å². The highest BCUT2D eigenvalue weighted by Crippen LogP contribution is 2.27. The third kappa shape index (κ3) is 5.30. The Kier molecular flexibility index (Phi) is 6.45. The normalized spacial score (nSPS) is 21.8. The number of carbonyl (C=O) groups is 2. The molecule has 0 radical (unpaired) electrons. The van der Waals surface area contributed by atoms with Crippen molar-refractivity contribution >= 4 is 11.8 Å². The molecule has 5 nitrogen and oxygen atoms in total. The number of likely N-dealkylation sites (tertiary alicyclic amines) is 2. The standard InChI is InChI=1S/C20H29N3O2/c24-19(21-15-20(25)23-12-4-5-13-23)16-22-11-6-9-18(10-14-22)17-7-2-1-3-8-17/h1-3,7-8,18H,4-6,9-16H2,(H,21,24)/t18-/m1/s1. The van der Waals surface area contributed by atoms with Gasteiger partial charge < -0.3 is 10.2 Å². The van der Waals surface area contributed by atoms with E-state index in [0.717, 1.165) is 51.9 Å². The van der Waals surface area contributed by atoms with Crippen LogP contribution in [0.5, 0.6) is 0 Å². The lowest BCUT2D eigenvalue weighted by Gasteiger charge is -2.20. The minimum absolute atomic E-state index is 0.0364. The van der Waals surface area contributed by atoms with E-state index in [9.17, 15) is 9.59 Å². The minimum atomic E-state index is -0.0364. The van der Waals surface area contributed by atoms with Crippen LogP contribution in [-0.4, -0.2) is 60.9 Å². The lowest BCUT2D eigenvalue weighted by atomic mass is 9.92. The fourth-order valence-electron chi connectivity index (χ4n) is 3.88. The second kappa shape index (κ2) is 8.99. The Hall–Kier alpha value is -1.88. The molecule has 1 aromatic rings. The molecule has 0 aliphatic carbocycles. The van der Waals surface area contributed by atoms with Gasteiger partial charge in [-0.1, -0.05) is 30.3 Å². The van der Waals surface area contributed by atoms with Gasteiger partial charge in [-0.3, -0.25) is 14.5 Å². The Labute approximate surface area is 150 Å². The first kappa shape index (κ1) is 17.9. The molecule has 0 spiro atoms. The van der Waals surface area contributed by atoms with Crippen molar-refractivity contribution in [2.24, 2.45) is 0 Å². The summed E-state index contributed by atoms with van der Waals surface area (Å²) in [5.74, 6) is 0.600. The minimum Gasteiger partial charge on any atom is -0.346 e. The second-order valence-electron chi connectivity index (χ2n) is 7.18.